The zero-order chi connectivity index (χ0) is 39.3. The van der Waals surface area contributed by atoms with Crippen LogP contribution in [0.1, 0.15) is 0 Å². The second-order valence-electron chi connectivity index (χ2n) is 15.7. The number of para-hydroxylation sites is 3. The van der Waals surface area contributed by atoms with Crippen LogP contribution < -0.4 is 0 Å². The van der Waals surface area contributed by atoms with Gasteiger partial charge in [-0.1, -0.05) is 182 Å². The van der Waals surface area contributed by atoms with Gasteiger partial charge in [-0.15, -0.1) is 0 Å². The average Bonchev–Trinajstić information content (AvgIpc) is 3.88. The van der Waals surface area contributed by atoms with Gasteiger partial charge < -0.3 is 4.42 Å². The van der Waals surface area contributed by atoms with Gasteiger partial charge in [-0.2, -0.15) is 0 Å². The van der Waals surface area contributed by atoms with E-state index in [-0.39, 0.29) is 0 Å². The Morgan fingerprint density at radius 3 is 1.73 bits per heavy atom. The molecule has 0 N–H and O–H groups in total. The van der Waals surface area contributed by atoms with E-state index in [1.165, 1.54) is 48.8 Å². The van der Waals surface area contributed by atoms with Crippen molar-refractivity contribution >= 4 is 87.0 Å². The van der Waals surface area contributed by atoms with Crippen LogP contribution in [0.2, 0.25) is 0 Å². The fourth-order valence-electron chi connectivity index (χ4n) is 9.71. The Hall–Kier alpha value is -8.08. The number of benzene rings is 10. The van der Waals surface area contributed by atoms with Crippen molar-refractivity contribution in [2.45, 2.75) is 0 Å². The predicted molar refractivity (Wildman–Crippen MR) is 250 cm³/mol. The first kappa shape index (κ1) is 32.9. The van der Waals surface area contributed by atoms with E-state index in [4.69, 9.17) is 14.4 Å². The molecule has 0 fully saturated rings. The Balaban J connectivity index is 1.09. The first-order chi connectivity index (χ1) is 29.8. The molecule has 0 saturated carbocycles. The third-order valence-electron chi connectivity index (χ3n) is 12.4. The summed E-state index contributed by atoms with van der Waals surface area (Å²) in [6, 6.07) is 71.3. The van der Waals surface area contributed by atoms with E-state index in [2.05, 4.69) is 205 Å². The molecule has 4 nitrogen and oxygen atoms in total. The van der Waals surface area contributed by atoms with Crippen LogP contribution in [-0.4, -0.2) is 14.5 Å². The second-order valence-corrected chi connectivity index (χ2v) is 15.7. The summed E-state index contributed by atoms with van der Waals surface area (Å²) in [5, 5.41) is 12.8. The van der Waals surface area contributed by atoms with Crippen LogP contribution in [0.5, 0.6) is 0 Å². The molecule has 0 atom stereocenters. The minimum Gasteiger partial charge on any atom is -0.455 e. The molecule has 10 aromatic carbocycles. The summed E-state index contributed by atoms with van der Waals surface area (Å²) in [6.07, 6.45) is 0. The minimum atomic E-state index is 0.618. The maximum absolute atomic E-state index is 6.84. The van der Waals surface area contributed by atoms with Gasteiger partial charge in [0.1, 0.15) is 11.2 Å². The lowest BCUT2D eigenvalue weighted by Crippen LogP contribution is -2.04. The van der Waals surface area contributed by atoms with E-state index in [9.17, 15) is 0 Å². The monoisotopic (exact) mass is 763 g/mol. The molecule has 13 aromatic rings. The highest BCUT2D eigenvalue weighted by Gasteiger charge is 2.23. The van der Waals surface area contributed by atoms with Crippen molar-refractivity contribution in [1.82, 2.24) is 14.5 Å². The van der Waals surface area contributed by atoms with Gasteiger partial charge >= 0.3 is 0 Å². The van der Waals surface area contributed by atoms with Gasteiger partial charge in [0, 0.05) is 43.6 Å². The van der Waals surface area contributed by atoms with Crippen LogP contribution in [0.25, 0.3) is 126 Å². The molecule has 0 aliphatic carbocycles. The second kappa shape index (κ2) is 12.7. The highest BCUT2D eigenvalue weighted by molar-refractivity contribution is 6.25. The molecule has 0 amide bonds. The van der Waals surface area contributed by atoms with E-state index >= 15 is 0 Å². The summed E-state index contributed by atoms with van der Waals surface area (Å²) in [7, 11) is 0. The van der Waals surface area contributed by atoms with Gasteiger partial charge in [-0.05, 0) is 61.6 Å². The Kier molecular flexibility index (Phi) is 6.98. The molecule has 3 aromatic heterocycles. The number of hydrogen-bond donors (Lipinski definition) is 0. The number of nitrogens with zero attached hydrogens (tertiary/aromatic N) is 3. The van der Waals surface area contributed by atoms with Crippen LogP contribution in [-0.2, 0) is 0 Å². The highest BCUT2D eigenvalue weighted by Crippen LogP contribution is 2.45. The standard InChI is InChI=1S/C56H33N3O/c1-4-16-39-34(12-1)15-9-20-40(39)37-26-28-38(29-27-37)53-45-19-7-8-25-48(45)57-56(58-53)59-49-32-30-35-13-2-5-17-41(35)51(49)46-23-10-21-43(54(46)59)44-22-11-24-47-52-42-18-6-3-14-36(42)31-33-50(52)60-55(44)47/h1-33H. The summed E-state index contributed by atoms with van der Waals surface area (Å²) in [5.41, 5.74) is 11.1. The lowest BCUT2D eigenvalue weighted by atomic mass is 9.96. The van der Waals surface area contributed by atoms with Gasteiger partial charge in [-0.3, -0.25) is 4.57 Å². The molecule has 0 radical (unpaired) electrons. The summed E-state index contributed by atoms with van der Waals surface area (Å²) < 4.78 is 9.13. The summed E-state index contributed by atoms with van der Waals surface area (Å²) in [5.74, 6) is 0.618. The van der Waals surface area contributed by atoms with Crippen LogP contribution in [0.4, 0.5) is 0 Å². The molecule has 0 aliphatic heterocycles. The van der Waals surface area contributed by atoms with Crippen LogP contribution in [0, 0.1) is 0 Å². The zero-order valence-corrected chi connectivity index (χ0v) is 32.3. The summed E-state index contributed by atoms with van der Waals surface area (Å²) in [4.78, 5) is 10.9. The molecule has 0 bridgehead atoms. The highest BCUT2D eigenvalue weighted by atomic mass is 16.3. The molecular formula is C56H33N3O. The average molecular weight is 764 g/mol. The summed E-state index contributed by atoms with van der Waals surface area (Å²) >= 11 is 0. The van der Waals surface area contributed by atoms with E-state index in [1.54, 1.807) is 0 Å². The third kappa shape index (κ3) is 4.79. The lowest BCUT2D eigenvalue weighted by Gasteiger charge is -2.14. The van der Waals surface area contributed by atoms with Crippen molar-refractivity contribution in [2.75, 3.05) is 0 Å². The van der Waals surface area contributed by atoms with Crippen molar-refractivity contribution in [3.05, 3.63) is 200 Å². The van der Waals surface area contributed by atoms with Crippen molar-refractivity contribution in [3.8, 4) is 39.5 Å². The minimum absolute atomic E-state index is 0.618. The first-order valence-corrected chi connectivity index (χ1v) is 20.4. The quantitative estimate of drug-likeness (QED) is 0.179. The van der Waals surface area contributed by atoms with E-state index in [0.717, 1.165) is 71.6 Å². The van der Waals surface area contributed by atoms with Gasteiger partial charge in [0.2, 0.25) is 5.95 Å². The molecule has 3 heterocycles. The lowest BCUT2D eigenvalue weighted by molar-refractivity contribution is 0.670. The molecule has 0 aliphatic rings. The molecule has 0 unspecified atom stereocenters. The van der Waals surface area contributed by atoms with Crippen LogP contribution in [0.15, 0.2) is 205 Å². The number of rotatable bonds is 4. The Morgan fingerprint density at radius 1 is 0.367 bits per heavy atom. The molecule has 4 heteroatoms. The van der Waals surface area contributed by atoms with E-state index < -0.39 is 0 Å². The van der Waals surface area contributed by atoms with Crippen molar-refractivity contribution in [1.29, 1.82) is 0 Å². The van der Waals surface area contributed by atoms with Gasteiger partial charge in [0.25, 0.3) is 0 Å². The van der Waals surface area contributed by atoms with Gasteiger partial charge in [0.15, 0.2) is 0 Å². The predicted octanol–water partition coefficient (Wildman–Crippen LogP) is 15.1. The number of fused-ring (bicyclic) bond motifs is 12. The number of furan rings is 1. The SMILES string of the molecule is c1ccc2c(-c3ccc(-c4nc(-n5c6ccc7ccccc7c6c6cccc(-c7cccc8c7oc7ccc9ccccc9c78)c65)nc5ccccc45)cc3)cccc2c1. The maximum atomic E-state index is 6.84. The Morgan fingerprint density at radius 2 is 0.933 bits per heavy atom. The largest absolute Gasteiger partial charge is 0.455 e. The smallest absolute Gasteiger partial charge is 0.235 e. The van der Waals surface area contributed by atoms with E-state index in [0.29, 0.717) is 5.95 Å². The van der Waals surface area contributed by atoms with Crippen molar-refractivity contribution < 1.29 is 4.42 Å². The van der Waals surface area contributed by atoms with Gasteiger partial charge in [0.05, 0.1) is 22.2 Å². The zero-order valence-electron chi connectivity index (χ0n) is 32.3. The van der Waals surface area contributed by atoms with E-state index in [1.807, 2.05) is 0 Å². The topological polar surface area (TPSA) is 43.9 Å². The molecule has 0 spiro atoms. The molecule has 0 saturated heterocycles. The summed E-state index contributed by atoms with van der Waals surface area (Å²) in [6.45, 7) is 0. The van der Waals surface area contributed by atoms with Crippen molar-refractivity contribution in [2.24, 2.45) is 0 Å². The third-order valence-corrected chi connectivity index (χ3v) is 12.4. The first-order valence-electron chi connectivity index (χ1n) is 20.4. The number of hydrogen-bond acceptors (Lipinski definition) is 3. The van der Waals surface area contributed by atoms with Crippen molar-refractivity contribution in [3.63, 3.8) is 0 Å². The molecule has 13 rings (SSSR count). The molecule has 278 valence electrons. The number of aromatic nitrogens is 3. The fourth-order valence-corrected chi connectivity index (χ4v) is 9.71. The Labute approximate surface area is 344 Å². The maximum Gasteiger partial charge on any atom is 0.235 e. The van der Waals surface area contributed by atoms with Gasteiger partial charge in [-0.25, -0.2) is 9.97 Å². The normalized spacial score (nSPS) is 12.0. The molecule has 60 heavy (non-hydrogen) atoms. The Bertz CT molecular complexity index is 3890. The molecular weight excluding hydrogens is 731 g/mol. The van der Waals surface area contributed by atoms with Crippen LogP contribution >= 0.6 is 0 Å². The van der Waals surface area contributed by atoms with Crippen LogP contribution in [0.3, 0.4) is 0 Å². The fraction of sp³-hybridized carbons (Fsp3) is 0.